The van der Waals surface area contributed by atoms with Gasteiger partial charge in [0.1, 0.15) is 0 Å². The van der Waals surface area contributed by atoms with Crippen LogP contribution in [0.25, 0.3) is 0 Å². The first-order chi connectivity index (χ1) is 4.31. The predicted molar refractivity (Wildman–Crippen MR) is 42.1 cm³/mol. The lowest BCUT2D eigenvalue weighted by atomic mass is 10.3. The first-order valence-electron chi connectivity index (χ1n) is 2.98. The molecule has 0 radical (unpaired) electrons. The van der Waals surface area contributed by atoms with Gasteiger partial charge in [-0.15, -0.1) is 0 Å². The Morgan fingerprint density at radius 3 is 2.67 bits per heavy atom. The Morgan fingerprint density at radius 2 is 2.22 bits per heavy atom. The molecule has 0 spiro atoms. The van der Waals surface area contributed by atoms with Gasteiger partial charge in [-0.3, -0.25) is 0 Å². The van der Waals surface area contributed by atoms with Crippen molar-refractivity contribution in [3.63, 3.8) is 0 Å². The van der Waals surface area contributed by atoms with Gasteiger partial charge in [-0.05, 0) is 12.5 Å². The van der Waals surface area contributed by atoms with Crippen LogP contribution in [0, 0.1) is 0 Å². The maximum Gasteiger partial charge on any atom is 0.0172 e. The fourth-order valence-corrected chi connectivity index (χ4v) is 0.371. The van der Waals surface area contributed by atoms with E-state index in [1.807, 2.05) is 31.2 Å². The van der Waals surface area contributed by atoms with E-state index in [1.165, 1.54) is 0 Å². The summed E-state index contributed by atoms with van der Waals surface area (Å²) in [6, 6.07) is 0. The van der Waals surface area contributed by atoms with Crippen LogP contribution in [-0.2, 0) is 0 Å². The van der Waals surface area contributed by atoms with E-state index in [0.29, 0.717) is 6.54 Å². The quantitative estimate of drug-likeness (QED) is 0.567. The molecule has 0 aromatic heterocycles. The molecule has 1 nitrogen and oxygen atoms in total. The van der Waals surface area contributed by atoms with Crippen LogP contribution in [0.15, 0.2) is 36.5 Å². The molecule has 0 rings (SSSR count). The van der Waals surface area contributed by atoms with Crippen molar-refractivity contribution in [2.24, 2.45) is 5.73 Å². The Labute approximate surface area is 56.6 Å². The molecule has 0 aliphatic carbocycles. The van der Waals surface area contributed by atoms with Gasteiger partial charge in [0.2, 0.25) is 0 Å². The molecule has 0 atom stereocenters. The lowest BCUT2D eigenvalue weighted by molar-refractivity contribution is 1.20. The maximum absolute atomic E-state index is 5.28. The van der Waals surface area contributed by atoms with Crippen molar-refractivity contribution in [2.75, 3.05) is 6.54 Å². The zero-order valence-electron chi connectivity index (χ0n) is 5.80. The molecular weight excluding hydrogens is 110 g/mol. The minimum atomic E-state index is 0.536. The number of hydrogen-bond donors (Lipinski definition) is 1. The van der Waals surface area contributed by atoms with Gasteiger partial charge >= 0.3 is 0 Å². The van der Waals surface area contributed by atoms with Crippen LogP contribution >= 0.6 is 0 Å². The smallest absolute Gasteiger partial charge is 0.0172 e. The summed E-state index contributed by atoms with van der Waals surface area (Å²) in [5, 5.41) is 0. The van der Waals surface area contributed by atoms with Gasteiger partial charge in [0.15, 0.2) is 0 Å². The van der Waals surface area contributed by atoms with E-state index >= 15 is 0 Å². The van der Waals surface area contributed by atoms with Crippen LogP contribution in [0.4, 0.5) is 0 Å². The Bertz CT molecular complexity index is 132. The first-order valence-corrected chi connectivity index (χ1v) is 2.98. The molecule has 0 aliphatic heterocycles. The summed E-state index contributed by atoms with van der Waals surface area (Å²) in [5.74, 6) is 0. The molecule has 0 aromatic rings. The number of hydrogen-bond acceptors (Lipinski definition) is 1. The second kappa shape index (κ2) is 5.32. The summed E-state index contributed by atoms with van der Waals surface area (Å²) in [6.45, 7) is 6.20. The molecule has 1 heteroatoms. The zero-order valence-corrected chi connectivity index (χ0v) is 5.80. The fraction of sp³-hybridized carbons (Fsp3) is 0.250. The summed E-state index contributed by atoms with van der Waals surface area (Å²) >= 11 is 0. The van der Waals surface area contributed by atoms with Crippen molar-refractivity contribution in [3.8, 4) is 0 Å². The number of rotatable bonds is 3. The standard InChI is InChI=1S/C8H13N/c1-3-4-5-6-8(2)7-9/h3-6H,2,7,9H2,1H3. The Morgan fingerprint density at radius 1 is 1.56 bits per heavy atom. The van der Waals surface area contributed by atoms with E-state index in [-0.39, 0.29) is 0 Å². The molecule has 0 saturated heterocycles. The van der Waals surface area contributed by atoms with Gasteiger partial charge in [-0.2, -0.15) is 0 Å². The normalized spacial score (nSPS) is 11.3. The van der Waals surface area contributed by atoms with Crippen molar-refractivity contribution < 1.29 is 0 Å². The van der Waals surface area contributed by atoms with Crippen LogP contribution in [0.1, 0.15) is 6.92 Å². The molecule has 0 aromatic carbocycles. The van der Waals surface area contributed by atoms with Crippen molar-refractivity contribution in [1.29, 1.82) is 0 Å². The van der Waals surface area contributed by atoms with Crippen LogP contribution in [-0.4, -0.2) is 6.54 Å². The monoisotopic (exact) mass is 123 g/mol. The lowest BCUT2D eigenvalue weighted by Crippen LogP contribution is -1.98. The fourth-order valence-electron chi connectivity index (χ4n) is 0.371. The number of allylic oxidation sites excluding steroid dienone is 3. The Kier molecular flexibility index (Phi) is 4.83. The largest absolute Gasteiger partial charge is 0.327 e. The van der Waals surface area contributed by atoms with E-state index < -0.39 is 0 Å². The van der Waals surface area contributed by atoms with Crippen LogP contribution in [0.5, 0.6) is 0 Å². The molecule has 0 bridgehead atoms. The molecule has 0 saturated carbocycles. The second-order valence-corrected chi connectivity index (χ2v) is 1.75. The first kappa shape index (κ1) is 8.18. The minimum absolute atomic E-state index is 0.536. The van der Waals surface area contributed by atoms with Crippen molar-refractivity contribution in [3.05, 3.63) is 36.5 Å². The third-order valence-electron chi connectivity index (χ3n) is 0.898. The Balaban J connectivity index is 3.57. The van der Waals surface area contributed by atoms with Gasteiger partial charge in [0.05, 0.1) is 0 Å². The molecule has 0 aliphatic rings. The summed E-state index contributed by atoms with van der Waals surface area (Å²) in [5.41, 5.74) is 6.23. The van der Waals surface area contributed by atoms with E-state index in [0.717, 1.165) is 5.57 Å². The van der Waals surface area contributed by atoms with Crippen molar-refractivity contribution in [1.82, 2.24) is 0 Å². The van der Waals surface area contributed by atoms with E-state index in [2.05, 4.69) is 6.58 Å². The van der Waals surface area contributed by atoms with Gasteiger partial charge < -0.3 is 5.73 Å². The molecule has 0 heterocycles. The van der Waals surface area contributed by atoms with Gasteiger partial charge in [-0.1, -0.05) is 30.9 Å². The summed E-state index contributed by atoms with van der Waals surface area (Å²) < 4.78 is 0. The summed E-state index contributed by atoms with van der Waals surface area (Å²) in [7, 11) is 0. The van der Waals surface area contributed by atoms with Crippen LogP contribution < -0.4 is 5.73 Å². The topological polar surface area (TPSA) is 26.0 Å². The third kappa shape index (κ3) is 5.04. The van der Waals surface area contributed by atoms with E-state index in [9.17, 15) is 0 Å². The number of nitrogens with two attached hydrogens (primary N) is 1. The molecule has 50 valence electrons. The van der Waals surface area contributed by atoms with Crippen molar-refractivity contribution >= 4 is 0 Å². The molecule has 9 heavy (non-hydrogen) atoms. The van der Waals surface area contributed by atoms with E-state index in [4.69, 9.17) is 5.73 Å². The maximum atomic E-state index is 5.28. The predicted octanol–water partition coefficient (Wildman–Crippen LogP) is 1.63. The van der Waals surface area contributed by atoms with Crippen molar-refractivity contribution in [2.45, 2.75) is 6.92 Å². The van der Waals surface area contributed by atoms with Gasteiger partial charge in [-0.25, -0.2) is 0 Å². The highest BCUT2D eigenvalue weighted by molar-refractivity contribution is 5.19. The van der Waals surface area contributed by atoms with E-state index in [1.54, 1.807) is 0 Å². The average molecular weight is 123 g/mol. The third-order valence-corrected chi connectivity index (χ3v) is 0.898. The molecule has 0 amide bonds. The zero-order chi connectivity index (χ0) is 7.11. The highest BCUT2D eigenvalue weighted by atomic mass is 14.5. The lowest BCUT2D eigenvalue weighted by Gasteiger charge is -1.87. The van der Waals surface area contributed by atoms with Gasteiger partial charge in [0.25, 0.3) is 0 Å². The second-order valence-electron chi connectivity index (χ2n) is 1.75. The molecular formula is C8H13N. The molecule has 2 N–H and O–H groups in total. The average Bonchev–Trinajstić information content (AvgIpc) is 1.89. The van der Waals surface area contributed by atoms with Crippen LogP contribution in [0.2, 0.25) is 0 Å². The highest BCUT2D eigenvalue weighted by Crippen LogP contribution is 1.88. The SMILES string of the molecule is C=C(C=CC=CC)CN. The minimum Gasteiger partial charge on any atom is -0.327 e. The van der Waals surface area contributed by atoms with Crippen LogP contribution in [0.3, 0.4) is 0 Å². The Hall–Kier alpha value is -0.820. The summed E-state index contributed by atoms with van der Waals surface area (Å²) in [6.07, 6.45) is 7.73. The highest BCUT2D eigenvalue weighted by Gasteiger charge is 1.76. The summed E-state index contributed by atoms with van der Waals surface area (Å²) in [4.78, 5) is 0. The molecule has 0 unspecified atom stereocenters. The molecule has 0 fully saturated rings. The van der Waals surface area contributed by atoms with Gasteiger partial charge in [0, 0.05) is 6.54 Å².